The number of halogens is 1. The van der Waals surface area contributed by atoms with Crippen molar-refractivity contribution in [3.63, 3.8) is 0 Å². The van der Waals surface area contributed by atoms with Crippen LogP contribution in [0.3, 0.4) is 0 Å². The zero-order chi connectivity index (χ0) is 29.5. The SMILES string of the molecule is Brc1cccc(-c2sc(-c3c4ccccc4c(-c4ccccc4)c4ccccc34)c(-c3ccccc3)c2-c2ccccc2)c1. The van der Waals surface area contributed by atoms with Crippen LogP contribution >= 0.6 is 27.3 Å². The summed E-state index contributed by atoms with van der Waals surface area (Å²) in [4.78, 5) is 2.56. The van der Waals surface area contributed by atoms with Gasteiger partial charge in [-0.25, -0.2) is 0 Å². The molecule has 0 saturated heterocycles. The van der Waals surface area contributed by atoms with Gasteiger partial charge in [-0.1, -0.05) is 168 Å². The number of benzene rings is 7. The van der Waals surface area contributed by atoms with E-state index in [9.17, 15) is 0 Å². The minimum atomic E-state index is 1.08. The second-order valence-corrected chi connectivity index (χ2v) is 12.9. The zero-order valence-corrected chi connectivity index (χ0v) is 26.3. The quantitative estimate of drug-likeness (QED) is 0.164. The van der Waals surface area contributed by atoms with Crippen molar-refractivity contribution >= 4 is 48.8 Å². The van der Waals surface area contributed by atoms with Gasteiger partial charge in [0.25, 0.3) is 0 Å². The fraction of sp³-hybridized carbons (Fsp3) is 0. The lowest BCUT2D eigenvalue weighted by atomic mass is 9.85. The number of fused-ring (bicyclic) bond motifs is 2. The van der Waals surface area contributed by atoms with Crippen LogP contribution in [0.15, 0.2) is 168 Å². The molecule has 0 saturated carbocycles. The third kappa shape index (κ3) is 4.59. The molecule has 8 aromatic rings. The molecule has 0 nitrogen and oxygen atoms in total. The van der Waals surface area contributed by atoms with Crippen LogP contribution in [0.25, 0.3) is 75.8 Å². The molecule has 208 valence electrons. The molecule has 1 aromatic heterocycles. The van der Waals surface area contributed by atoms with Crippen molar-refractivity contribution in [3.8, 4) is 54.3 Å². The Hall–Kier alpha value is -4.76. The highest BCUT2D eigenvalue weighted by molar-refractivity contribution is 9.10. The van der Waals surface area contributed by atoms with Gasteiger partial charge in [0.15, 0.2) is 0 Å². The van der Waals surface area contributed by atoms with Crippen LogP contribution < -0.4 is 0 Å². The zero-order valence-electron chi connectivity index (χ0n) is 23.9. The van der Waals surface area contributed by atoms with E-state index < -0.39 is 0 Å². The Balaban J connectivity index is 1.57. The van der Waals surface area contributed by atoms with E-state index in [1.165, 1.54) is 75.8 Å². The Morgan fingerprint density at radius 3 is 1.18 bits per heavy atom. The monoisotopic (exact) mass is 642 g/mol. The first-order valence-electron chi connectivity index (χ1n) is 14.8. The predicted molar refractivity (Wildman–Crippen MR) is 194 cm³/mol. The summed E-state index contributed by atoms with van der Waals surface area (Å²) >= 11 is 5.66. The van der Waals surface area contributed by atoms with Gasteiger partial charge >= 0.3 is 0 Å². The fourth-order valence-electron chi connectivity index (χ4n) is 6.49. The summed E-state index contributed by atoms with van der Waals surface area (Å²) in [7, 11) is 0. The van der Waals surface area contributed by atoms with Crippen LogP contribution in [0.4, 0.5) is 0 Å². The summed E-state index contributed by atoms with van der Waals surface area (Å²) in [6.45, 7) is 0. The maximum atomic E-state index is 3.76. The maximum absolute atomic E-state index is 3.76. The van der Waals surface area contributed by atoms with E-state index in [0.29, 0.717) is 0 Å². The molecule has 0 radical (unpaired) electrons. The summed E-state index contributed by atoms with van der Waals surface area (Å²) in [6.07, 6.45) is 0. The lowest BCUT2D eigenvalue weighted by Gasteiger charge is -2.18. The van der Waals surface area contributed by atoms with Gasteiger partial charge in [-0.05, 0) is 61.5 Å². The van der Waals surface area contributed by atoms with E-state index in [1.807, 2.05) is 11.3 Å². The Kier molecular flexibility index (Phi) is 6.95. The molecule has 0 N–H and O–H groups in total. The largest absolute Gasteiger partial charge is 0.134 e. The highest BCUT2D eigenvalue weighted by Gasteiger charge is 2.26. The average molecular weight is 644 g/mol. The standard InChI is InChI=1S/C42H27BrS/c43-32-22-14-21-31(27-32)41-38(29-17-6-2-7-18-29)39(30-19-8-3-9-20-30)42(44-41)40-35-25-12-10-23-33(35)37(28-15-4-1-5-16-28)34-24-11-13-26-36(34)40/h1-27H. The van der Waals surface area contributed by atoms with Crippen LogP contribution in [0.1, 0.15) is 0 Å². The van der Waals surface area contributed by atoms with E-state index in [0.717, 1.165) is 4.47 Å². The molecule has 44 heavy (non-hydrogen) atoms. The van der Waals surface area contributed by atoms with E-state index >= 15 is 0 Å². The number of hydrogen-bond donors (Lipinski definition) is 0. The Bertz CT molecular complexity index is 2210. The smallest absolute Gasteiger partial charge is 0.0446 e. The third-order valence-electron chi connectivity index (χ3n) is 8.34. The van der Waals surface area contributed by atoms with Crippen molar-refractivity contribution in [3.05, 3.63) is 168 Å². The van der Waals surface area contributed by atoms with Gasteiger partial charge in [-0.15, -0.1) is 11.3 Å². The molecule has 0 amide bonds. The van der Waals surface area contributed by atoms with Crippen molar-refractivity contribution in [2.45, 2.75) is 0 Å². The first-order valence-corrected chi connectivity index (χ1v) is 16.4. The molecule has 0 fully saturated rings. The van der Waals surface area contributed by atoms with Gasteiger partial charge in [0.1, 0.15) is 0 Å². The van der Waals surface area contributed by atoms with Crippen molar-refractivity contribution in [1.29, 1.82) is 0 Å². The Morgan fingerprint density at radius 2 is 0.705 bits per heavy atom. The van der Waals surface area contributed by atoms with Crippen molar-refractivity contribution in [2.75, 3.05) is 0 Å². The van der Waals surface area contributed by atoms with E-state index in [4.69, 9.17) is 0 Å². The average Bonchev–Trinajstić information content (AvgIpc) is 3.48. The van der Waals surface area contributed by atoms with Gasteiger partial charge in [0.05, 0.1) is 0 Å². The molecule has 0 aliphatic rings. The molecule has 0 aliphatic carbocycles. The van der Waals surface area contributed by atoms with Crippen LogP contribution in [0.5, 0.6) is 0 Å². The minimum Gasteiger partial charge on any atom is -0.134 e. The molecule has 0 spiro atoms. The molecule has 8 rings (SSSR count). The molecule has 0 unspecified atom stereocenters. The second kappa shape index (κ2) is 11.4. The van der Waals surface area contributed by atoms with E-state index in [2.05, 4.69) is 180 Å². The summed E-state index contributed by atoms with van der Waals surface area (Å²) < 4.78 is 1.08. The first kappa shape index (κ1) is 26.8. The van der Waals surface area contributed by atoms with E-state index in [1.54, 1.807) is 0 Å². The van der Waals surface area contributed by atoms with Gasteiger partial charge in [0, 0.05) is 30.9 Å². The van der Waals surface area contributed by atoms with Gasteiger partial charge in [-0.2, -0.15) is 0 Å². The first-order chi connectivity index (χ1) is 21.8. The highest BCUT2D eigenvalue weighted by atomic mass is 79.9. The van der Waals surface area contributed by atoms with Crippen molar-refractivity contribution < 1.29 is 0 Å². The topological polar surface area (TPSA) is 0 Å². The van der Waals surface area contributed by atoms with E-state index in [-0.39, 0.29) is 0 Å². The van der Waals surface area contributed by atoms with Crippen molar-refractivity contribution in [2.24, 2.45) is 0 Å². The highest BCUT2D eigenvalue weighted by Crippen LogP contribution is 2.55. The van der Waals surface area contributed by atoms with Gasteiger partial charge in [-0.3, -0.25) is 0 Å². The number of thiophene rings is 1. The molecule has 1 heterocycles. The maximum Gasteiger partial charge on any atom is 0.0446 e. The van der Waals surface area contributed by atoms with Gasteiger partial charge in [0.2, 0.25) is 0 Å². The Morgan fingerprint density at radius 1 is 0.318 bits per heavy atom. The third-order valence-corrected chi connectivity index (χ3v) is 10.1. The number of rotatable bonds is 5. The van der Waals surface area contributed by atoms with Crippen molar-refractivity contribution in [1.82, 2.24) is 0 Å². The molecule has 0 aliphatic heterocycles. The molecular weight excluding hydrogens is 616 g/mol. The predicted octanol–water partition coefficient (Wildman–Crippen LogP) is 13.2. The molecular formula is C42H27BrS. The van der Waals surface area contributed by atoms with Crippen LogP contribution in [-0.4, -0.2) is 0 Å². The second-order valence-electron chi connectivity index (χ2n) is 11.0. The lowest BCUT2D eigenvalue weighted by molar-refractivity contribution is 1.61. The van der Waals surface area contributed by atoms with Crippen LogP contribution in [0, 0.1) is 0 Å². The lowest BCUT2D eigenvalue weighted by Crippen LogP contribution is -1.91. The minimum absolute atomic E-state index is 1.08. The molecule has 2 heteroatoms. The summed E-state index contributed by atoms with van der Waals surface area (Å²) in [5.74, 6) is 0. The van der Waals surface area contributed by atoms with Crippen LogP contribution in [0.2, 0.25) is 0 Å². The summed E-state index contributed by atoms with van der Waals surface area (Å²) in [6, 6.07) is 59.2. The Labute approximate surface area is 270 Å². The fourth-order valence-corrected chi connectivity index (χ4v) is 8.30. The molecule has 0 bridgehead atoms. The number of hydrogen-bond acceptors (Lipinski definition) is 1. The molecule has 7 aromatic carbocycles. The normalized spacial score (nSPS) is 11.3. The summed E-state index contributed by atoms with van der Waals surface area (Å²) in [5, 5.41) is 5.07. The molecule has 0 atom stereocenters. The summed E-state index contributed by atoms with van der Waals surface area (Å²) in [5.41, 5.74) is 10.0. The van der Waals surface area contributed by atoms with Gasteiger partial charge < -0.3 is 0 Å². The van der Waals surface area contributed by atoms with Crippen LogP contribution in [-0.2, 0) is 0 Å².